The van der Waals surface area contributed by atoms with E-state index in [9.17, 15) is 0 Å². The first-order valence-electron chi connectivity index (χ1n) is 3.47. The molecule has 1 N–H and O–H groups in total. The molecule has 0 saturated carbocycles. The lowest BCUT2D eigenvalue weighted by Crippen LogP contribution is -1.97. The highest BCUT2D eigenvalue weighted by molar-refractivity contribution is 5.89. The lowest BCUT2D eigenvalue weighted by atomic mass is 10.4. The van der Waals surface area contributed by atoms with Gasteiger partial charge in [0.15, 0.2) is 0 Å². The number of rotatable bonds is 1. The van der Waals surface area contributed by atoms with Crippen molar-refractivity contribution >= 4 is 5.90 Å². The Morgan fingerprint density at radius 3 is 1.55 bits per heavy atom. The molecule has 0 bridgehead atoms. The van der Waals surface area contributed by atoms with Gasteiger partial charge in [-0.15, -0.1) is 13.2 Å². The lowest BCUT2D eigenvalue weighted by Gasteiger charge is -1.96. The average Bonchev–Trinajstić information content (AvgIpc) is 2.10. The fourth-order valence-corrected chi connectivity index (χ4v) is 0.174. The van der Waals surface area contributed by atoms with E-state index in [2.05, 4.69) is 24.5 Å². The Morgan fingerprint density at radius 1 is 1.27 bits per heavy atom. The molecule has 0 heterocycles. The Labute approximate surface area is 70.1 Å². The van der Waals surface area contributed by atoms with Crippen LogP contribution in [0.2, 0.25) is 0 Å². The molecule has 0 fully saturated rings. The van der Waals surface area contributed by atoms with E-state index in [1.807, 2.05) is 13.8 Å². The molecular formula is C9H19NO. The van der Waals surface area contributed by atoms with E-state index in [0.717, 1.165) is 0 Å². The van der Waals surface area contributed by atoms with E-state index in [-0.39, 0.29) is 5.90 Å². The molecule has 0 unspecified atom stereocenters. The van der Waals surface area contributed by atoms with Gasteiger partial charge in [0.1, 0.15) is 0 Å². The second-order valence-electron chi connectivity index (χ2n) is 1.31. The van der Waals surface area contributed by atoms with E-state index in [1.165, 1.54) is 7.11 Å². The van der Waals surface area contributed by atoms with Crippen LogP contribution in [0.3, 0.4) is 0 Å². The van der Waals surface area contributed by atoms with Crippen LogP contribution in [-0.4, -0.2) is 13.0 Å². The monoisotopic (exact) mass is 157 g/mol. The molecule has 0 atom stereocenters. The highest BCUT2D eigenvalue weighted by Crippen LogP contribution is 1.87. The number of ether oxygens (including phenoxy) is 1. The fraction of sp³-hybridized carbons (Fsp3) is 0.444. The Balaban J connectivity index is -0.000000138. The van der Waals surface area contributed by atoms with Crippen molar-refractivity contribution in [3.63, 3.8) is 0 Å². The summed E-state index contributed by atoms with van der Waals surface area (Å²) in [6.45, 7) is 15.2. The van der Waals surface area contributed by atoms with Crippen molar-refractivity contribution < 1.29 is 4.74 Å². The minimum Gasteiger partial charge on any atom is -0.481 e. The summed E-state index contributed by atoms with van der Waals surface area (Å²) in [6.07, 6.45) is 0. The van der Waals surface area contributed by atoms with Gasteiger partial charge in [-0.1, -0.05) is 20.4 Å². The summed E-state index contributed by atoms with van der Waals surface area (Å²) in [6, 6.07) is 0. The molecule has 2 nitrogen and oxygen atoms in total. The van der Waals surface area contributed by atoms with Gasteiger partial charge in [0.05, 0.1) is 7.11 Å². The summed E-state index contributed by atoms with van der Waals surface area (Å²) >= 11 is 0. The summed E-state index contributed by atoms with van der Waals surface area (Å²) in [4.78, 5) is 0. The first-order valence-corrected chi connectivity index (χ1v) is 3.47. The van der Waals surface area contributed by atoms with Crippen LogP contribution >= 0.6 is 0 Å². The van der Waals surface area contributed by atoms with Gasteiger partial charge < -0.3 is 4.74 Å². The highest BCUT2D eigenvalue weighted by atomic mass is 16.5. The van der Waals surface area contributed by atoms with Crippen molar-refractivity contribution in [1.29, 1.82) is 5.41 Å². The molecule has 66 valence electrons. The quantitative estimate of drug-likeness (QED) is 0.354. The van der Waals surface area contributed by atoms with Crippen LogP contribution in [-0.2, 0) is 4.74 Å². The van der Waals surface area contributed by atoms with Gasteiger partial charge >= 0.3 is 0 Å². The summed E-state index contributed by atoms with van der Waals surface area (Å²) < 4.78 is 4.50. The molecule has 0 aromatic heterocycles. The summed E-state index contributed by atoms with van der Waals surface area (Å²) in [5.41, 5.74) is 0.655. The Morgan fingerprint density at radius 2 is 1.55 bits per heavy atom. The highest BCUT2D eigenvalue weighted by Gasteiger charge is 1.89. The number of hydrogen-bond donors (Lipinski definition) is 1. The third-order valence-corrected chi connectivity index (χ3v) is 0.592. The normalized spacial score (nSPS) is 5.82. The van der Waals surface area contributed by atoms with Crippen LogP contribution in [0.25, 0.3) is 0 Å². The minimum atomic E-state index is 0.153. The van der Waals surface area contributed by atoms with Crippen molar-refractivity contribution in [2.45, 2.75) is 20.8 Å². The van der Waals surface area contributed by atoms with Gasteiger partial charge in [0, 0.05) is 5.57 Å². The van der Waals surface area contributed by atoms with Crippen molar-refractivity contribution in [1.82, 2.24) is 0 Å². The molecule has 0 aliphatic heterocycles. The van der Waals surface area contributed by atoms with E-state index in [1.54, 1.807) is 6.92 Å². The van der Waals surface area contributed by atoms with Crippen LogP contribution in [0.15, 0.2) is 25.3 Å². The largest absolute Gasteiger partial charge is 0.481 e. The van der Waals surface area contributed by atoms with Crippen LogP contribution < -0.4 is 0 Å². The molecule has 0 amide bonds. The molecule has 0 aromatic carbocycles. The van der Waals surface area contributed by atoms with Gasteiger partial charge in [0.2, 0.25) is 5.90 Å². The smallest absolute Gasteiger partial charge is 0.207 e. The molecule has 0 rings (SSSR count). The minimum absolute atomic E-state index is 0.153. The molecule has 0 aliphatic rings. The van der Waals surface area contributed by atoms with Crippen molar-refractivity contribution in [2.75, 3.05) is 7.11 Å². The van der Waals surface area contributed by atoms with E-state index < -0.39 is 0 Å². The number of hydrogen-bond acceptors (Lipinski definition) is 2. The van der Waals surface area contributed by atoms with Gasteiger partial charge in [-0.3, -0.25) is 5.41 Å². The van der Waals surface area contributed by atoms with Gasteiger partial charge in [-0.2, -0.15) is 0 Å². The van der Waals surface area contributed by atoms with Crippen LogP contribution in [0.5, 0.6) is 0 Å². The predicted molar refractivity (Wildman–Crippen MR) is 52.2 cm³/mol. The van der Waals surface area contributed by atoms with Crippen LogP contribution in [0, 0.1) is 5.41 Å². The third kappa shape index (κ3) is 17.6. The summed E-state index contributed by atoms with van der Waals surface area (Å²) in [5.74, 6) is 0.153. The molecule has 2 heteroatoms. The first-order chi connectivity index (χ1) is 5.18. The zero-order chi connectivity index (χ0) is 9.86. The maximum absolute atomic E-state index is 6.87. The maximum atomic E-state index is 6.87. The zero-order valence-corrected chi connectivity index (χ0v) is 8.03. The Kier molecular flexibility index (Phi) is 24.0. The lowest BCUT2D eigenvalue weighted by molar-refractivity contribution is 0.400. The fourth-order valence-electron chi connectivity index (χ4n) is 0.174. The molecule has 11 heavy (non-hydrogen) atoms. The summed E-state index contributed by atoms with van der Waals surface area (Å²) in [7, 11) is 1.46. The predicted octanol–water partition coefficient (Wildman–Crippen LogP) is 3.01. The van der Waals surface area contributed by atoms with Gasteiger partial charge in [-0.25, -0.2) is 0 Å². The van der Waals surface area contributed by atoms with Crippen LogP contribution in [0.4, 0.5) is 0 Å². The molecule has 0 radical (unpaired) electrons. The second kappa shape index (κ2) is 16.0. The molecule has 0 aliphatic carbocycles. The molecule has 0 aromatic rings. The van der Waals surface area contributed by atoms with E-state index >= 15 is 0 Å². The number of methoxy groups -OCH3 is 1. The molecule has 0 saturated heterocycles. The number of nitrogens with one attached hydrogen (secondary N) is 1. The topological polar surface area (TPSA) is 33.1 Å². The van der Waals surface area contributed by atoms with Gasteiger partial charge in [0.25, 0.3) is 0 Å². The van der Waals surface area contributed by atoms with E-state index in [0.29, 0.717) is 5.57 Å². The average molecular weight is 157 g/mol. The standard InChI is InChI=1S/C5H9NO.C2H6.C2H4/c1-4(2)5(6)7-3;2*1-2/h6H,1H2,2-3H3;1-2H3;1-2H2. The van der Waals surface area contributed by atoms with E-state index in [4.69, 9.17) is 5.41 Å². The third-order valence-electron chi connectivity index (χ3n) is 0.592. The van der Waals surface area contributed by atoms with Crippen molar-refractivity contribution in [3.05, 3.63) is 25.3 Å². The second-order valence-corrected chi connectivity index (χ2v) is 1.31. The SMILES string of the molecule is C=C.C=C(C)C(=N)OC.CC. The first kappa shape index (κ1) is 16.5. The van der Waals surface area contributed by atoms with Crippen molar-refractivity contribution in [2.24, 2.45) is 0 Å². The maximum Gasteiger partial charge on any atom is 0.207 e. The molecule has 0 spiro atoms. The van der Waals surface area contributed by atoms with Crippen LogP contribution in [0.1, 0.15) is 20.8 Å². The van der Waals surface area contributed by atoms with Gasteiger partial charge in [-0.05, 0) is 6.92 Å². The molecular weight excluding hydrogens is 138 g/mol. The van der Waals surface area contributed by atoms with Crippen molar-refractivity contribution in [3.8, 4) is 0 Å². The Bertz CT molecular complexity index is 108. The zero-order valence-electron chi connectivity index (χ0n) is 8.03. The summed E-state index contributed by atoms with van der Waals surface area (Å²) in [5, 5.41) is 6.87. The Hall–Kier alpha value is -1.05.